The Balaban J connectivity index is 2.11. The van der Waals surface area contributed by atoms with Gasteiger partial charge in [0.1, 0.15) is 0 Å². The Kier molecular flexibility index (Phi) is 3.96. The van der Waals surface area contributed by atoms with Crippen molar-refractivity contribution in [2.75, 3.05) is 13.6 Å². The van der Waals surface area contributed by atoms with E-state index in [1.54, 1.807) is 0 Å². The third-order valence-electron chi connectivity index (χ3n) is 3.04. The monoisotopic (exact) mass is 198 g/mol. The molecule has 1 fully saturated rings. The van der Waals surface area contributed by atoms with E-state index >= 15 is 0 Å². The Morgan fingerprint density at radius 1 is 1.36 bits per heavy atom. The van der Waals surface area contributed by atoms with E-state index < -0.39 is 0 Å². The minimum Gasteiger partial charge on any atom is -0.312 e. The Labute approximate surface area is 89.1 Å². The van der Waals surface area contributed by atoms with Crippen LogP contribution in [0.2, 0.25) is 0 Å². The Morgan fingerprint density at radius 3 is 2.36 bits per heavy atom. The summed E-state index contributed by atoms with van der Waals surface area (Å²) in [5, 5.41) is 3.54. The van der Waals surface area contributed by atoms with Crippen molar-refractivity contribution in [1.29, 1.82) is 0 Å². The highest BCUT2D eigenvalue weighted by atomic mass is 15.2. The maximum absolute atomic E-state index is 3.54. The van der Waals surface area contributed by atoms with Crippen molar-refractivity contribution in [2.45, 2.75) is 64.6 Å². The quantitative estimate of drug-likeness (QED) is 0.729. The third-order valence-corrected chi connectivity index (χ3v) is 3.04. The molecule has 0 aromatic rings. The van der Waals surface area contributed by atoms with Crippen LogP contribution in [-0.2, 0) is 0 Å². The number of nitrogens with one attached hydrogen (secondary N) is 1. The molecule has 0 aliphatic heterocycles. The zero-order valence-corrected chi connectivity index (χ0v) is 10.4. The number of nitrogens with zero attached hydrogens (tertiary/aromatic N) is 1. The fourth-order valence-electron chi connectivity index (χ4n) is 1.70. The molecular formula is C12H26N2. The molecule has 1 saturated carbocycles. The van der Waals surface area contributed by atoms with Crippen LogP contribution in [0.4, 0.5) is 0 Å². The molecule has 0 saturated heterocycles. The van der Waals surface area contributed by atoms with Crippen molar-refractivity contribution in [3.05, 3.63) is 0 Å². The highest BCUT2D eigenvalue weighted by Gasteiger charge is 2.28. The molecule has 0 amide bonds. The maximum atomic E-state index is 3.54. The summed E-state index contributed by atoms with van der Waals surface area (Å²) < 4.78 is 0. The van der Waals surface area contributed by atoms with Gasteiger partial charge in [0, 0.05) is 17.6 Å². The van der Waals surface area contributed by atoms with Gasteiger partial charge in [-0.25, -0.2) is 0 Å². The Hall–Kier alpha value is -0.0800. The van der Waals surface area contributed by atoms with Crippen molar-refractivity contribution >= 4 is 0 Å². The van der Waals surface area contributed by atoms with Gasteiger partial charge in [-0.15, -0.1) is 0 Å². The van der Waals surface area contributed by atoms with Crippen LogP contribution in [0.15, 0.2) is 0 Å². The summed E-state index contributed by atoms with van der Waals surface area (Å²) in [5.41, 5.74) is 0.262. The second-order valence-electron chi connectivity index (χ2n) is 5.71. The molecule has 1 rings (SSSR count). The van der Waals surface area contributed by atoms with Gasteiger partial charge in [-0.3, -0.25) is 0 Å². The van der Waals surface area contributed by atoms with Gasteiger partial charge in [0.05, 0.1) is 0 Å². The van der Waals surface area contributed by atoms with Crippen LogP contribution >= 0.6 is 0 Å². The third kappa shape index (κ3) is 4.43. The molecule has 0 aromatic heterocycles. The molecule has 1 aliphatic rings. The summed E-state index contributed by atoms with van der Waals surface area (Å²) in [5.74, 6) is 0. The summed E-state index contributed by atoms with van der Waals surface area (Å²) in [6.45, 7) is 10.1. The number of hydrogen-bond acceptors (Lipinski definition) is 2. The molecule has 0 radical (unpaired) electrons. The van der Waals surface area contributed by atoms with Gasteiger partial charge in [-0.1, -0.05) is 0 Å². The lowest BCUT2D eigenvalue weighted by Crippen LogP contribution is -2.40. The van der Waals surface area contributed by atoms with Crippen molar-refractivity contribution in [2.24, 2.45) is 0 Å². The van der Waals surface area contributed by atoms with E-state index in [0.717, 1.165) is 18.6 Å². The first-order valence-electron chi connectivity index (χ1n) is 5.87. The lowest BCUT2D eigenvalue weighted by molar-refractivity contribution is 0.230. The first-order valence-corrected chi connectivity index (χ1v) is 5.87. The normalized spacial score (nSPS) is 20.1. The van der Waals surface area contributed by atoms with Gasteiger partial charge in [0.15, 0.2) is 0 Å². The van der Waals surface area contributed by atoms with Crippen molar-refractivity contribution in [3.8, 4) is 0 Å². The van der Waals surface area contributed by atoms with Gasteiger partial charge in [0.25, 0.3) is 0 Å². The molecule has 0 bridgehead atoms. The standard InChI is InChI=1S/C12H26N2/c1-10(14(5)11-6-7-11)8-9-13-12(2,3)4/h10-11,13H,6-9H2,1-5H3. The highest BCUT2D eigenvalue weighted by Crippen LogP contribution is 2.27. The second kappa shape index (κ2) is 4.63. The molecule has 0 spiro atoms. The summed E-state index contributed by atoms with van der Waals surface area (Å²) in [4.78, 5) is 2.53. The van der Waals surface area contributed by atoms with Crippen molar-refractivity contribution in [3.63, 3.8) is 0 Å². The van der Waals surface area contributed by atoms with Crippen molar-refractivity contribution in [1.82, 2.24) is 10.2 Å². The minimum atomic E-state index is 0.262. The average molecular weight is 198 g/mol. The smallest absolute Gasteiger partial charge is 0.00965 e. The summed E-state index contributed by atoms with van der Waals surface area (Å²) in [6, 6.07) is 1.61. The molecule has 0 aromatic carbocycles. The summed E-state index contributed by atoms with van der Waals surface area (Å²) >= 11 is 0. The van der Waals surface area contributed by atoms with Gasteiger partial charge in [-0.2, -0.15) is 0 Å². The Morgan fingerprint density at radius 2 is 1.93 bits per heavy atom. The zero-order valence-electron chi connectivity index (χ0n) is 10.4. The van der Waals surface area contributed by atoms with Crippen LogP contribution in [-0.4, -0.2) is 36.1 Å². The number of hydrogen-bond donors (Lipinski definition) is 1. The maximum Gasteiger partial charge on any atom is 0.00965 e. The average Bonchev–Trinajstić information content (AvgIpc) is 2.82. The van der Waals surface area contributed by atoms with Crippen LogP contribution in [0.1, 0.15) is 47.0 Å². The van der Waals surface area contributed by atoms with Gasteiger partial charge < -0.3 is 10.2 Å². The summed E-state index contributed by atoms with van der Waals surface area (Å²) in [6.07, 6.45) is 4.07. The van der Waals surface area contributed by atoms with E-state index in [-0.39, 0.29) is 5.54 Å². The Bertz CT molecular complexity index is 168. The molecule has 14 heavy (non-hydrogen) atoms. The van der Waals surface area contributed by atoms with Crippen molar-refractivity contribution < 1.29 is 0 Å². The predicted octanol–water partition coefficient (Wildman–Crippen LogP) is 2.25. The molecule has 1 N–H and O–H groups in total. The molecule has 2 heteroatoms. The van der Waals surface area contributed by atoms with E-state index in [0.29, 0.717) is 0 Å². The topological polar surface area (TPSA) is 15.3 Å². The molecular weight excluding hydrogens is 172 g/mol. The minimum absolute atomic E-state index is 0.262. The number of rotatable bonds is 5. The van der Waals surface area contributed by atoms with Crippen LogP contribution in [0.3, 0.4) is 0 Å². The molecule has 0 heterocycles. The van der Waals surface area contributed by atoms with Crippen LogP contribution < -0.4 is 5.32 Å². The van der Waals surface area contributed by atoms with E-state index in [1.807, 2.05) is 0 Å². The largest absolute Gasteiger partial charge is 0.312 e. The van der Waals surface area contributed by atoms with Gasteiger partial charge in [0.2, 0.25) is 0 Å². The first-order chi connectivity index (χ1) is 6.40. The highest BCUT2D eigenvalue weighted by molar-refractivity contribution is 4.85. The predicted molar refractivity (Wildman–Crippen MR) is 62.6 cm³/mol. The summed E-state index contributed by atoms with van der Waals surface area (Å²) in [7, 11) is 2.26. The molecule has 84 valence electrons. The van der Waals surface area contributed by atoms with Gasteiger partial charge >= 0.3 is 0 Å². The van der Waals surface area contributed by atoms with Crippen LogP contribution in [0.5, 0.6) is 0 Å². The fraction of sp³-hybridized carbons (Fsp3) is 1.00. The van der Waals surface area contributed by atoms with Crippen LogP contribution in [0.25, 0.3) is 0 Å². The van der Waals surface area contributed by atoms with Crippen LogP contribution in [0, 0.1) is 0 Å². The second-order valence-corrected chi connectivity index (χ2v) is 5.71. The zero-order chi connectivity index (χ0) is 10.8. The SMILES string of the molecule is CC(CCNC(C)(C)C)N(C)C1CC1. The molecule has 1 unspecified atom stereocenters. The first kappa shape index (κ1) is 12.0. The lowest BCUT2D eigenvalue weighted by Gasteiger charge is -2.27. The lowest BCUT2D eigenvalue weighted by atomic mass is 10.1. The molecule has 2 nitrogen and oxygen atoms in total. The van der Waals surface area contributed by atoms with E-state index in [4.69, 9.17) is 0 Å². The van der Waals surface area contributed by atoms with E-state index in [2.05, 4.69) is 45.0 Å². The van der Waals surface area contributed by atoms with E-state index in [9.17, 15) is 0 Å². The van der Waals surface area contributed by atoms with Gasteiger partial charge in [-0.05, 0) is 60.5 Å². The fourth-order valence-corrected chi connectivity index (χ4v) is 1.70. The molecule has 1 aliphatic carbocycles. The molecule has 1 atom stereocenters. The van der Waals surface area contributed by atoms with E-state index in [1.165, 1.54) is 19.3 Å².